The van der Waals surface area contributed by atoms with Gasteiger partial charge in [0.1, 0.15) is 12.2 Å². The highest BCUT2D eigenvalue weighted by atomic mass is 16.4. The summed E-state index contributed by atoms with van der Waals surface area (Å²) in [5.74, 6) is -0.391. The van der Waals surface area contributed by atoms with Crippen LogP contribution in [-0.2, 0) is 11.3 Å². The Morgan fingerprint density at radius 1 is 1.24 bits per heavy atom. The van der Waals surface area contributed by atoms with Crippen LogP contribution in [0.3, 0.4) is 0 Å². The molecular weight excluding hydrogens is 270 g/mol. The van der Waals surface area contributed by atoms with Gasteiger partial charge in [-0.2, -0.15) is 0 Å². The van der Waals surface area contributed by atoms with Crippen molar-refractivity contribution < 1.29 is 14.7 Å². The van der Waals surface area contributed by atoms with Gasteiger partial charge in [0, 0.05) is 38.9 Å². The van der Waals surface area contributed by atoms with Gasteiger partial charge in [0.15, 0.2) is 0 Å². The highest BCUT2D eigenvalue weighted by Crippen LogP contribution is 2.08. The zero-order valence-electron chi connectivity index (χ0n) is 12.7. The zero-order chi connectivity index (χ0) is 15.4. The van der Waals surface area contributed by atoms with E-state index in [4.69, 9.17) is 5.11 Å². The molecule has 1 N–H and O–H groups in total. The lowest BCUT2D eigenvalue weighted by atomic mass is 10.2. The van der Waals surface area contributed by atoms with Gasteiger partial charge in [-0.1, -0.05) is 13.8 Å². The van der Waals surface area contributed by atoms with Crippen molar-refractivity contribution in [3.63, 3.8) is 0 Å². The molecule has 1 saturated heterocycles. The predicted octanol–water partition coefficient (Wildman–Crippen LogP) is 0.986. The molecule has 1 aliphatic heterocycles. The van der Waals surface area contributed by atoms with Crippen LogP contribution in [0.5, 0.6) is 0 Å². The van der Waals surface area contributed by atoms with Crippen molar-refractivity contribution >= 4 is 11.9 Å². The fourth-order valence-corrected chi connectivity index (χ4v) is 2.69. The molecule has 6 heteroatoms. The summed E-state index contributed by atoms with van der Waals surface area (Å²) in [5, 5.41) is 9.04. The van der Waals surface area contributed by atoms with Gasteiger partial charge in [0.05, 0.1) is 0 Å². The van der Waals surface area contributed by atoms with Gasteiger partial charge in [-0.05, 0) is 18.1 Å². The van der Waals surface area contributed by atoms with Crippen LogP contribution in [0, 0.1) is 5.92 Å². The minimum atomic E-state index is -1.01. The molecule has 0 unspecified atom stereocenters. The Kier molecular flexibility index (Phi) is 5.01. The molecule has 2 rings (SSSR count). The molecule has 0 atom stereocenters. The molecule has 0 radical (unpaired) electrons. The summed E-state index contributed by atoms with van der Waals surface area (Å²) in [6.07, 6.45) is 1.64. The first kappa shape index (κ1) is 15.6. The molecule has 1 aromatic rings. The van der Waals surface area contributed by atoms with E-state index in [1.165, 1.54) is 10.6 Å². The monoisotopic (exact) mass is 293 g/mol. The Morgan fingerprint density at radius 3 is 2.48 bits per heavy atom. The largest absolute Gasteiger partial charge is 0.477 e. The smallest absolute Gasteiger partial charge is 0.352 e. The molecule has 6 nitrogen and oxygen atoms in total. The summed E-state index contributed by atoms with van der Waals surface area (Å²) >= 11 is 0. The van der Waals surface area contributed by atoms with E-state index in [2.05, 4.69) is 18.7 Å². The molecule has 1 amide bonds. The Hall–Kier alpha value is -1.82. The number of carboxylic acid groups (broad SMARTS) is 1. The number of nitrogens with zero attached hydrogens (tertiary/aromatic N) is 3. The second-order valence-electron chi connectivity index (χ2n) is 5.90. The van der Waals surface area contributed by atoms with Crippen molar-refractivity contribution in [2.45, 2.75) is 20.4 Å². The van der Waals surface area contributed by atoms with Crippen LogP contribution in [0.2, 0.25) is 0 Å². The van der Waals surface area contributed by atoms with Crippen molar-refractivity contribution in [1.82, 2.24) is 14.4 Å². The number of carboxylic acids is 1. The van der Waals surface area contributed by atoms with Gasteiger partial charge in [-0.25, -0.2) is 4.79 Å². The summed E-state index contributed by atoms with van der Waals surface area (Å²) in [7, 11) is 0. The summed E-state index contributed by atoms with van der Waals surface area (Å²) < 4.78 is 1.49. The number of rotatable bonds is 5. The molecule has 0 spiro atoms. The topological polar surface area (TPSA) is 65.8 Å². The lowest BCUT2D eigenvalue weighted by Crippen LogP contribution is -2.50. The number of carbonyl (C=O) groups excluding carboxylic acids is 1. The number of hydrogen-bond acceptors (Lipinski definition) is 3. The first-order chi connectivity index (χ1) is 9.97. The molecular formula is C15H23N3O3. The third-order valence-corrected chi connectivity index (χ3v) is 3.70. The first-order valence-corrected chi connectivity index (χ1v) is 7.36. The van der Waals surface area contributed by atoms with Crippen molar-refractivity contribution in [3.8, 4) is 0 Å². The highest BCUT2D eigenvalue weighted by Gasteiger charge is 2.22. The third kappa shape index (κ3) is 4.07. The van der Waals surface area contributed by atoms with E-state index >= 15 is 0 Å². The number of hydrogen-bond donors (Lipinski definition) is 1. The van der Waals surface area contributed by atoms with Gasteiger partial charge in [0.25, 0.3) is 0 Å². The molecule has 2 heterocycles. The second-order valence-corrected chi connectivity index (χ2v) is 5.90. The van der Waals surface area contributed by atoms with Crippen LogP contribution in [0.15, 0.2) is 18.3 Å². The van der Waals surface area contributed by atoms with Crippen molar-refractivity contribution in [1.29, 1.82) is 0 Å². The lowest BCUT2D eigenvalue weighted by molar-refractivity contribution is -0.133. The van der Waals surface area contributed by atoms with E-state index in [0.717, 1.165) is 32.7 Å². The fourth-order valence-electron chi connectivity index (χ4n) is 2.69. The van der Waals surface area contributed by atoms with E-state index in [1.807, 2.05) is 4.90 Å². The lowest BCUT2D eigenvalue weighted by Gasteiger charge is -2.35. The molecule has 0 aliphatic carbocycles. The Labute approximate surface area is 124 Å². The average molecular weight is 293 g/mol. The SMILES string of the molecule is CC(C)CN1CCN(C(=O)Cn2cccc2C(=O)O)CC1. The molecule has 0 aromatic carbocycles. The average Bonchev–Trinajstić information content (AvgIpc) is 2.87. The van der Waals surface area contributed by atoms with Gasteiger partial charge in [-0.3, -0.25) is 9.69 Å². The normalized spacial score (nSPS) is 16.4. The molecule has 1 aromatic heterocycles. The quantitative estimate of drug-likeness (QED) is 0.879. The van der Waals surface area contributed by atoms with E-state index in [0.29, 0.717) is 5.92 Å². The number of piperazine rings is 1. The van der Waals surface area contributed by atoms with E-state index < -0.39 is 5.97 Å². The number of carbonyl (C=O) groups is 2. The maximum Gasteiger partial charge on any atom is 0.352 e. The third-order valence-electron chi connectivity index (χ3n) is 3.70. The Morgan fingerprint density at radius 2 is 1.90 bits per heavy atom. The number of aromatic nitrogens is 1. The van der Waals surface area contributed by atoms with Gasteiger partial charge < -0.3 is 14.6 Å². The first-order valence-electron chi connectivity index (χ1n) is 7.36. The van der Waals surface area contributed by atoms with Crippen molar-refractivity contribution in [2.75, 3.05) is 32.7 Å². The summed E-state index contributed by atoms with van der Waals surface area (Å²) in [5.41, 5.74) is 0.154. The maximum absolute atomic E-state index is 12.3. The summed E-state index contributed by atoms with van der Waals surface area (Å²) in [6, 6.07) is 3.16. The van der Waals surface area contributed by atoms with Crippen LogP contribution in [0.4, 0.5) is 0 Å². The molecule has 21 heavy (non-hydrogen) atoms. The highest BCUT2D eigenvalue weighted by molar-refractivity contribution is 5.86. The minimum Gasteiger partial charge on any atom is -0.477 e. The summed E-state index contributed by atoms with van der Waals surface area (Å²) in [4.78, 5) is 27.5. The Balaban J connectivity index is 1.88. The number of aromatic carboxylic acids is 1. The zero-order valence-corrected chi connectivity index (χ0v) is 12.7. The summed E-state index contributed by atoms with van der Waals surface area (Å²) in [6.45, 7) is 8.75. The van der Waals surface area contributed by atoms with E-state index in [-0.39, 0.29) is 18.1 Å². The molecule has 1 fully saturated rings. The van der Waals surface area contributed by atoms with E-state index in [9.17, 15) is 9.59 Å². The molecule has 1 aliphatic rings. The molecule has 0 bridgehead atoms. The van der Waals surface area contributed by atoms with Gasteiger partial charge in [0.2, 0.25) is 5.91 Å². The van der Waals surface area contributed by atoms with Crippen molar-refractivity contribution in [2.24, 2.45) is 5.92 Å². The fraction of sp³-hybridized carbons (Fsp3) is 0.600. The maximum atomic E-state index is 12.3. The van der Waals surface area contributed by atoms with Crippen LogP contribution in [0.1, 0.15) is 24.3 Å². The number of amides is 1. The van der Waals surface area contributed by atoms with Gasteiger partial charge >= 0.3 is 5.97 Å². The van der Waals surface area contributed by atoms with Crippen LogP contribution in [0.25, 0.3) is 0 Å². The van der Waals surface area contributed by atoms with E-state index in [1.54, 1.807) is 12.3 Å². The standard InChI is InChI=1S/C15H23N3O3/c1-12(2)10-16-6-8-17(9-7-16)14(19)11-18-5-3-4-13(18)15(20)21/h3-5,12H,6-11H2,1-2H3,(H,20,21). The molecule has 116 valence electrons. The minimum absolute atomic E-state index is 0.0158. The second kappa shape index (κ2) is 6.76. The molecule has 0 saturated carbocycles. The van der Waals surface area contributed by atoms with Crippen LogP contribution in [-0.4, -0.2) is 64.1 Å². The van der Waals surface area contributed by atoms with Crippen molar-refractivity contribution in [3.05, 3.63) is 24.0 Å². The predicted molar refractivity (Wildman–Crippen MR) is 79.2 cm³/mol. The van der Waals surface area contributed by atoms with Crippen LogP contribution < -0.4 is 0 Å². The van der Waals surface area contributed by atoms with Crippen LogP contribution >= 0.6 is 0 Å². The Bertz CT molecular complexity index is 502. The van der Waals surface area contributed by atoms with Gasteiger partial charge in [-0.15, -0.1) is 0 Å².